The molecule has 0 saturated carbocycles. The molecule has 122 valence electrons. The minimum atomic E-state index is -0.218. The fraction of sp³-hybridized carbons (Fsp3) is 0.111. The average molecular weight is 359 g/mol. The topological polar surface area (TPSA) is 52.6 Å². The van der Waals surface area contributed by atoms with Crippen LogP contribution in [0.1, 0.15) is 18.1 Å². The molecule has 0 spiro atoms. The molecule has 1 heterocycles. The Hall–Kier alpha value is -2.37. The minimum Gasteiger partial charge on any atom is -0.506 e. The molecule has 0 atom stereocenters. The molecular weight excluding hydrogens is 344 g/mol. The molecule has 1 saturated heterocycles. The summed E-state index contributed by atoms with van der Waals surface area (Å²) in [5.41, 5.74) is 2.90. The van der Waals surface area contributed by atoms with Crippen molar-refractivity contribution in [1.29, 1.82) is 0 Å². The molecule has 2 aromatic carbocycles. The van der Waals surface area contributed by atoms with E-state index < -0.39 is 0 Å². The highest BCUT2D eigenvalue weighted by Crippen LogP contribution is 2.28. The first kappa shape index (κ1) is 16.5. The molecule has 1 aliphatic rings. The van der Waals surface area contributed by atoms with Gasteiger partial charge in [0.2, 0.25) is 0 Å². The van der Waals surface area contributed by atoms with E-state index in [1.54, 1.807) is 18.2 Å². The van der Waals surface area contributed by atoms with Crippen LogP contribution in [-0.2, 0) is 11.2 Å². The Labute approximate surface area is 150 Å². The summed E-state index contributed by atoms with van der Waals surface area (Å²) in [7, 11) is 0. The Balaban J connectivity index is 1.97. The lowest BCUT2D eigenvalue weighted by Crippen LogP contribution is -2.31. The van der Waals surface area contributed by atoms with Gasteiger partial charge < -0.3 is 10.4 Å². The van der Waals surface area contributed by atoms with Gasteiger partial charge in [0.15, 0.2) is 5.11 Å². The first-order valence-electron chi connectivity index (χ1n) is 7.45. The van der Waals surface area contributed by atoms with Gasteiger partial charge in [0, 0.05) is 0 Å². The summed E-state index contributed by atoms with van der Waals surface area (Å²) in [5.74, 6) is -0.219. The van der Waals surface area contributed by atoms with Crippen LogP contribution in [0.15, 0.2) is 48.2 Å². The summed E-state index contributed by atoms with van der Waals surface area (Å²) in [5, 5.41) is 13.0. The highest BCUT2D eigenvalue weighted by Gasteiger charge is 2.32. The van der Waals surface area contributed by atoms with E-state index in [0.29, 0.717) is 16.4 Å². The maximum Gasteiger partial charge on any atom is 0.281 e. The van der Waals surface area contributed by atoms with E-state index in [1.807, 2.05) is 31.2 Å². The number of thiocarbonyl (C=S) groups is 1. The van der Waals surface area contributed by atoms with E-state index in [4.69, 9.17) is 23.8 Å². The Bertz CT molecular complexity index is 864. The van der Waals surface area contributed by atoms with Crippen LogP contribution < -0.4 is 10.2 Å². The number of carbonyl (C=O) groups excluding carboxylic acids is 1. The highest BCUT2D eigenvalue weighted by molar-refractivity contribution is 7.80. The third-order valence-corrected chi connectivity index (χ3v) is 4.36. The Morgan fingerprint density at radius 1 is 1.29 bits per heavy atom. The maximum absolute atomic E-state index is 12.8. The molecule has 4 nitrogen and oxygen atoms in total. The monoisotopic (exact) mass is 358 g/mol. The lowest BCUT2D eigenvalue weighted by atomic mass is 10.1. The second-order valence-corrected chi connectivity index (χ2v) is 6.12. The van der Waals surface area contributed by atoms with Crippen molar-refractivity contribution in [2.45, 2.75) is 13.3 Å². The maximum atomic E-state index is 12.8. The number of halogens is 1. The number of hydrogen-bond donors (Lipinski definition) is 2. The van der Waals surface area contributed by atoms with Gasteiger partial charge in [0.25, 0.3) is 5.91 Å². The molecule has 2 N–H and O–H groups in total. The fourth-order valence-corrected chi connectivity index (χ4v) is 3.04. The fourth-order valence-electron chi connectivity index (χ4n) is 2.56. The third kappa shape index (κ3) is 3.00. The largest absolute Gasteiger partial charge is 0.506 e. The first-order chi connectivity index (χ1) is 11.5. The van der Waals surface area contributed by atoms with Crippen molar-refractivity contribution < 1.29 is 9.90 Å². The van der Waals surface area contributed by atoms with E-state index in [9.17, 15) is 9.90 Å². The Morgan fingerprint density at radius 3 is 2.75 bits per heavy atom. The van der Waals surface area contributed by atoms with Crippen LogP contribution >= 0.6 is 23.8 Å². The van der Waals surface area contributed by atoms with Crippen LogP contribution in [0.25, 0.3) is 6.08 Å². The van der Waals surface area contributed by atoms with Gasteiger partial charge in [-0.25, -0.2) is 0 Å². The molecule has 1 amide bonds. The summed E-state index contributed by atoms with van der Waals surface area (Å²) in [6.45, 7) is 2.03. The molecule has 1 fully saturated rings. The zero-order valence-corrected chi connectivity index (χ0v) is 14.5. The first-order valence-corrected chi connectivity index (χ1v) is 8.23. The number of phenols is 1. The number of carbonyl (C=O) groups is 1. The van der Waals surface area contributed by atoms with E-state index in [0.717, 1.165) is 17.7 Å². The average Bonchev–Trinajstić information content (AvgIpc) is 2.85. The van der Waals surface area contributed by atoms with E-state index in [-0.39, 0.29) is 16.7 Å². The summed E-state index contributed by atoms with van der Waals surface area (Å²) >= 11 is 11.2. The molecule has 0 aromatic heterocycles. The van der Waals surface area contributed by atoms with E-state index in [1.165, 1.54) is 11.0 Å². The predicted octanol–water partition coefficient (Wildman–Crippen LogP) is 3.87. The van der Waals surface area contributed by atoms with Crippen molar-refractivity contribution in [3.63, 3.8) is 0 Å². The molecular formula is C18H15ClN2O2S. The number of anilines is 1. The van der Waals surface area contributed by atoms with Gasteiger partial charge in [-0.05, 0) is 54.0 Å². The van der Waals surface area contributed by atoms with Crippen molar-refractivity contribution in [3.05, 3.63) is 64.3 Å². The van der Waals surface area contributed by atoms with Gasteiger partial charge in [0.1, 0.15) is 11.4 Å². The number of rotatable bonds is 3. The van der Waals surface area contributed by atoms with E-state index in [2.05, 4.69) is 5.32 Å². The predicted molar refractivity (Wildman–Crippen MR) is 100 cm³/mol. The van der Waals surface area contributed by atoms with Crippen LogP contribution in [0.3, 0.4) is 0 Å². The number of nitrogens with zero attached hydrogens (tertiary/aromatic N) is 1. The number of para-hydroxylation sites is 1. The number of benzene rings is 2. The highest BCUT2D eigenvalue weighted by atomic mass is 35.5. The van der Waals surface area contributed by atoms with Gasteiger partial charge in [0.05, 0.1) is 10.7 Å². The summed E-state index contributed by atoms with van der Waals surface area (Å²) < 4.78 is 0. The molecule has 0 bridgehead atoms. The quantitative estimate of drug-likeness (QED) is 0.646. The van der Waals surface area contributed by atoms with Gasteiger partial charge in [-0.2, -0.15) is 0 Å². The number of aromatic hydroxyl groups is 1. The Kier molecular flexibility index (Phi) is 4.55. The lowest BCUT2D eigenvalue weighted by Gasteiger charge is -2.17. The van der Waals surface area contributed by atoms with Crippen LogP contribution in [0, 0.1) is 0 Å². The van der Waals surface area contributed by atoms with Gasteiger partial charge in [-0.1, -0.05) is 42.8 Å². The van der Waals surface area contributed by atoms with Crippen molar-refractivity contribution in [2.75, 3.05) is 4.90 Å². The molecule has 0 aliphatic carbocycles. The standard InChI is InChI=1S/C18H15ClN2O2S/c1-2-12-5-3-4-6-15(12)21-17(23)14(20-18(21)24)10-11-7-8-16(22)13(19)9-11/h3-10,22H,2H2,1H3,(H,20,24). The second kappa shape index (κ2) is 6.63. The van der Waals surface area contributed by atoms with Crippen LogP contribution in [0.5, 0.6) is 5.75 Å². The van der Waals surface area contributed by atoms with Crippen LogP contribution in [0.4, 0.5) is 5.69 Å². The summed E-state index contributed by atoms with van der Waals surface area (Å²) in [6.07, 6.45) is 2.46. The molecule has 3 rings (SSSR count). The number of phenolic OH excluding ortho intramolecular Hbond substituents is 1. The van der Waals surface area contributed by atoms with Crippen molar-refractivity contribution >= 4 is 46.6 Å². The summed E-state index contributed by atoms with van der Waals surface area (Å²) in [6, 6.07) is 12.4. The third-order valence-electron chi connectivity index (χ3n) is 3.77. The molecule has 0 radical (unpaired) electrons. The van der Waals surface area contributed by atoms with Gasteiger partial charge in [-0.3, -0.25) is 9.69 Å². The van der Waals surface area contributed by atoms with Crippen molar-refractivity contribution in [2.24, 2.45) is 0 Å². The normalized spacial score (nSPS) is 15.9. The van der Waals surface area contributed by atoms with Gasteiger partial charge >= 0.3 is 0 Å². The molecule has 2 aromatic rings. The SMILES string of the molecule is CCc1ccccc1N1C(=O)C(=Cc2ccc(O)c(Cl)c2)NC1=S. The molecule has 1 aliphatic heterocycles. The van der Waals surface area contributed by atoms with Gasteiger partial charge in [-0.15, -0.1) is 0 Å². The van der Waals surface area contributed by atoms with E-state index >= 15 is 0 Å². The molecule has 24 heavy (non-hydrogen) atoms. The minimum absolute atomic E-state index is 0.00135. The molecule has 0 unspecified atom stereocenters. The number of nitrogens with one attached hydrogen (secondary N) is 1. The lowest BCUT2D eigenvalue weighted by molar-refractivity contribution is -0.113. The van der Waals surface area contributed by atoms with Crippen LogP contribution in [0.2, 0.25) is 5.02 Å². The molecule has 6 heteroatoms. The Morgan fingerprint density at radius 2 is 2.04 bits per heavy atom. The zero-order valence-electron chi connectivity index (χ0n) is 12.9. The van der Waals surface area contributed by atoms with Crippen molar-refractivity contribution in [1.82, 2.24) is 5.32 Å². The number of hydrogen-bond acceptors (Lipinski definition) is 3. The zero-order chi connectivity index (χ0) is 17.3. The van der Waals surface area contributed by atoms with Crippen LogP contribution in [-0.4, -0.2) is 16.1 Å². The van der Waals surface area contributed by atoms with Crippen molar-refractivity contribution in [3.8, 4) is 5.75 Å². The number of aryl methyl sites for hydroxylation is 1. The smallest absolute Gasteiger partial charge is 0.281 e. The second-order valence-electron chi connectivity index (χ2n) is 5.32. The summed E-state index contributed by atoms with van der Waals surface area (Å²) in [4.78, 5) is 14.3. The number of amides is 1.